The molecule has 5 nitrogen and oxygen atoms in total. The van der Waals surface area contributed by atoms with Crippen molar-refractivity contribution in [1.29, 1.82) is 0 Å². The molecule has 0 amide bonds. The number of anilines is 1. The van der Waals surface area contributed by atoms with Gasteiger partial charge in [-0.15, -0.1) is 11.3 Å². The van der Waals surface area contributed by atoms with Gasteiger partial charge >= 0.3 is 0 Å². The molecule has 3 N–H and O–H groups in total. The largest absolute Gasteiger partial charge is 0.389 e. The van der Waals surface area contributed by atoms with E-state index in [2.05, 4.69) is 35.2 Å². The summed E-state index contributed by atoms with van der Waals surface area (Å²) in [6.45, 7) is 5.02. The number of aliphatic hydroxyl groups excluding tert-OH is 1. The highest BCUT2D eigenvalue weighted by molar-refractivity contribution is 7.20. The number of hydrogen-bond acceptors (Lipinski definition) is 6. The van der Waals surface area contributed by atoms with Crippen molar-refractivity contribution < 1.29 is 9.22 Å². The van der Waals surface area contributed by atoms with E-state index < -0.39 is 13.0 Å². The Morgan fingerprint density at radius 1 is 1.37 bits per heavy atom. The van der Waals surface area contributed by atoms with Crippen molar-refractivity contribution in [2.45, 2.75) is 32.5 Å². The molecule has 0 saturated heterocycles. The van der Waals surface area contributed by atoms with Crippen molar-refractivity contribution in [2.24, 2.45) is 0 Å². The summed E-state index contributed by atoms with van der Waals surface area (Å²) in [5, 5.41) is 19.8. The Balaban J connectivity index is 1.68. The highest BCUT2D eigenvalue weighted by atomic mass is 32.1. The van der Waals surface area contributed by atoms with Gasteiger partial charge in [0, 0.05) is 60.9 Å². The van der Waals surface area contributed by atoms with Gasteiger partial charge in [0.05, 0.1) is 28.7 Å². The van der Waals surface area contributed by atoms with E-state index in [0.29, 0.717) is 23.0 Å². The van der Waals surface area contributed by atoms with Gasteiger partial charge in [0.1, 0.15) is 0 Å². The second-order valence-electron chi connectivity index (χ2n) is 7.57. The molecule has 1 unspecified atom stereocenters. The third kappa shape index (κ3) is 3.17. The quantitative estimate of drug-likeness (QED) is 0.430. The Hall–Kier alpha value is -2.80. The Morgan fingerprint density at radius 2 is 2.27 bits per heavy atom. The van der Waals surface area contributed by atoms with Gasteiger partial charge in [-0.3, -0.25) is 4.98 Å². The number of nitrogens with zero attached hydrogens (tertiary/aromatic N) is 2. The molecule has 1 aromatic carbocycles. The number of rotatable bonds is 3. The number of aromatic nitrogens is 2. The Labute approximate surface area is 183 Å². The molecule has 6 heteroatoms. The fourth-order valence-electron chi connectivity index (χ4n) is 3.94. The lowest BCUT2D eigenvalue weighted by atomic mass is 10.00. The first-order valence-corrected chi connectivity index (χ1v) is 10.7. The highest BCUT2D eigenvalue weighted by Crippen LogP contribution is 2.41. The van der Waals surface area contributed by atoms with E-state index in [1.165, 1.54) is 15.8 Å². The number of thiophene rings is 1. The summed E-state index contributed by atoms with van der Waals surface area (Å²) < 4.78 is 24.2. The van der Waals surface area contributed by atoms with Crippen LogP contribution in [0.25, 0.3) is 38.3 Å². The molecule has 0 bridgehead atoms. The Bertz CT molecular complexity index is 1380. The molecule has 0 radical (unpaired) electrons. The second-order valence-corrected chi connectivity index (χ2v) is 8.70. The summed E-state index contributed by atoms with van der Waals surface area (Å²) in [7, 11) is 0. The van der Waals surface area contributed by atoms with Gasteiger partial charge in [0.15, 0.2) is 0 Å². The number of nitrogens with one attached hydrogen (secondary N) is 2. The van der Waals surface area contributed by atoms with E-state index in [1.54, 1.807) is 23.5 Å². The number of pyridine rings is 2. The summed E-state index contributed by atoms with van der Waals surface area (Å²) in [6.07, 6.45) is 1.32. The smallest absolute Gasteiger partial charge is 0.0783 e. The van der Waals surface area contributed by atoms with Crippen molar-refractivity contribution in [2.75, 3.05) is 11.9 Å². The normalized spacial score (nSPS) is 19.3. The lowest BCUT2D eigenvalue weighted by molar-refractivity contribution is 0.199. The van der Waals surface area contributed by atoms with Crippen LogP contribution < -0.4 is 10.6 Å². The molecular weight excluding hydrogens is 392 g/mol. The van der Waals surface area contributed by atoms with E-state index >= 15 is 0 Å². The maximum Gasteiger partial charge on any atom is 0.0783 e. The number of hydrogen-bond donors (Lipinski definition) is 3. The van der Waals surface area contributed by atoms with Crippen LogP contribution in [-0.4, -0.2) is 27.7 Å². The third-order valence-electron chi connectivity index (χ3n) is 5.53. The minimum atomic E-state index is -2.57. The average molecular weight is 420 g/mol. The molecule has 0 saturated carbocycles. The molecule has 4 heterocycles. The lowest BCUT2D eigenvalue weighted by Crippen LogP contribution is -2.29. The molecule has 5 rings (SSSR count). The van der Waals surface area contributed by atoms with Crippen molar-refractivity contribution in [1.82, 2.24) is 15.3 Å². The van der Waals surface area contributed by atoms with Crippen LogP contribution in [0.5, 0.6) is 0 Å². The minimum Gasteiger partial charge on any atom is -0.389 e. The number of fused-ring (bicyclic) bond motifs is 5. The van der Waals surface area contributed by atoms with Crippen molar-refractivity contribution in [3.8, 4) is 11.3 Å². The molecule has 1 aliphatic heterocycles. The molecule has 0 spiro atoms. The average Bonchev–Trinajstić information content (AvgIpc) is 3.07. The van der Waals surface area contributed by atoms with E-state index in [9.17, 15) is 5.11 Å². The number of aliphatic hydroxyl groups is 1. The van der Waals surface area contributed by atoms with Crippen molar-refractivity contribution >= 4 is 44.1 Å². The van der Waals surface area contributed by atoms with Crippen LogP contribution in [0.4, 0.5) is 5.69 Å². The van der Waals surface area contributed by atoms with Gasteiger partial charge < -0.3 is 15.7 Å². The van der Waals surface area contributed by atoms with Gasteiger partial charge in [0.25, 0.3) is 0 Å². The standard InChI is InChI=1S/C24H24N4OS/c1-4-15-9-17(18(11-26-15)14(3)29)20-6-5-16-19(28-20)7-8-21-23(16)24-22(30-21)12-25-13(2)10-27-24/h4-9,11,13-14,25,27,29H,1,10,12H2,2-3H3/t13-,14?/m1/s1/i3D3. The van der Waals surface area contributed by atoms with Crippen LogP contribution in [0.1, 0.15) is 40.1 Å². The Morgan fingerprint density at radius 3 is 3.10 bits per heavy atom. The molecular formula is C24H24N4OS. The van der Waals surface area contributed by atoms with Gasteiger partial charge in [-0.1, -0.05) is 6.58 Å². The third-order valence-corrected chi connectivity index (χ3v) is 6.68. The first-order chi connectivity index (χ1) is 15.8. The summed E-state index contributed by atoms with van der Waals surface area (Å²) in [5.41, 5.74) is 3.88. The highest BCUT2D eigenvalue weighted by Gasteiger charge is 2.20. The first-order valence-electron chi connectivity index (χ1n) is 11.4. The number of benzene rings is 1. The van der Waals surface area contributed by atoms with E-state index in [0.717, 1.165) is 35.1 Å². The molecule has 3 aromatic heterocycles. The predicted octanol–water partition coefficient (Wildman–Crippen LogP) is 5.11. The summed E-state index contributed by atoms with van der Waals surface area (Å²) in [4.78, 5) is 10.4. The summed E-state index contributed by atoms with van der Waals surface area (Å²) in [5.74, 6) is 0. The zero-order valence-electron chi connectivity index (χ0n) is 19.6. The molecule has 0 aliphatic carbocycles. The lowest BCUT2D eigenvalue weighted by Gasteiger charge is -2.13. The van der Waals surface area contributed by atoms with Gasteiger partial charge in [0.2, 0.25) is 0 Å². The minimum absolute atomic E-state index is 0.222. The molecule has 2 atom stereocenters. The van der Waals surface area contributed by atoms with Crippen molar-refractivity contribution in [3.05, 3.63) is 59.2 Å². The maximum atomic E-state index is 10.5. The predicted molar refractivity (Wildman–Crippen MR) is 126 cm³/mol. The Kier molecular flexibility index (Phi) is 3.97. The van der Waals surface area contributed by atoms with Gasteiger partial charge in [-0.25, -0.2) is 4.98 Å². The van der Waals surface area contributed by atoms with Gasteiger partial charge in [-0.05, 0) is 50.2 Å². The first kappa shape index (κ1) is 16.0. The van der Waals surface area contributed by atoms with Crippen LogP contribution in [-0.2, 0) is 6.54 Å². The van der Waals surface area contributed by atoms with Crippen LogP contribution in [0.3, 0.4) is 0 Å². The topological polar surface area (TPSA) is 70.1 Å². The van der Waals surface area contributed by atoms with Crippen LogP contribution in [0.15, 0.2) is 43.1 Å². The van der Waals surface area contributed by atoms with Crippen LogP contribution in [0.2, 0.25) is 0 Å². The molecule has 4 aromatic rings. The molecule has 30 heavy (non-hydrogen) atoms. The second kappa shape index (κ2) is 7.47. The SMILES string of the molecule is [2H]C([2H])([2H])C(O)c1cnc(C=C)cc1-c1ccc2c(ccc3sc4c(c32)NC[C@@H](C)NC4)n1. The zero-order valence-corrected chi connectivity index (χ0v) is 17.4. The fraction of sp³-hybridized carbons (Fsp3) is 0.250. The fourth-order valence-corrected chi connectivity index (χ4v) is 5.09. The molecule has 1 aliphatic rings. The van der Waals surface area contributed by atoms with Crippen LogP contribution >= 0.6 is 11.3 Å². The zero-order chi connectivity index (χ0) is 23.3. The van der Waals surface area contributed by atoms with Gasteiger partial charge in [-0.2, -0.15) is 0 Å². The summed E-state index contributed by atoms with van der Waals surface area (Å²) >= 11 is 1.78. The van der Waals surface area contributed by atoms with E-state index in [-0.39, 0.29) is 5.56 Å². The maximum absolute atomic E-state index is 10.5. The monoisotopic (exact) mass is 419 g/mol. The van der Waals surface area contributed by atoms with E-state index in [1.807, 2.05) is 18.2 Å². The van der Waals surface area contributed by atoms with Crippen LogP contribution in [0, 0.1) is 0 Å². The molecule has 152 valence electrons. The molecule has 0 fully saturated rings. The van der Waals surface area contributed by atoms with E-state index in [4.69, 9.17) is 9.10 Å². The summed E-state index contributed by atoms with van der Waals surface area (Å²) in [6, 6.07) is 10.1. The van der Waals surface area contributed by atoms with Crippen molar-refractivity contribution in [3.63, 3.8) is 0 Å².